The Hall–Kier alpha value is -2.83. The van der Waals surface area contributed by atoms with Gasteiger partial charge in [-0.05, 0) is 30.7 Å². The Morgan fingerprint density at radius 3 is 3.05 bits per heavy atom. The topological polar surface area (TPSA) is 93.0 Å². The van der Waals surface area contributed by atoms with Gasteiger partial charge in [-0.25, -0.2) is 0 Å². The molecule has 22 heavy (non-hydrogen) atoms. The first-order valence-corrected chi connectivity index (χ1v) is 6.85. The van der Waals surface area contributed by atoms with Crippen LogP contribution in [-0.4, -0.2) is 28.1 Å². The lowest BCUT2D eigenvalue weighted by atomic mass is 10.1. The van der Waals surface area contributed by atoms with Crippen molar-refractivity contribution in [2.75, 3.05) is 7.11 Å². The quantitative estimate of drug-likeness (QED) is 0.748. The first kappa shape index (κ1) is 14.1. The van der Waals surface area contributed by atoms with E-state index in [0.29, 0.717) is 11.7 Å². The molecule has 3 rings (SSSR count). The van der Waals surface area contributed by atoms with Gasteiger partial charge in [0.15, 0.2) is 5.82 Å². The van der Waals surface area contributed by atoms with E-state index in [0.717, 1.165) is 22.2 Å². The zero-order valence-electron chi connectivity index (χ0n) is 12.3. The molecule has 0 aliphatic carbocycles. The van der Waals surface area contributed by atoms with Crippen molar-refractivity contribution < 1.29 is 14.1 Å². The Morgan fingerprint density at radius 2 is 2.32 bits per heavy atom. The van der Waals surface area contributed by atoms with Crippen LogP contribution in [-0.2, 0) is 17.8 Å². The highest BCUT2D eigenvalue weighted by Gasteiger charge is 2.11. The number of amides is 1. The van der Waals surface area contributed by atoms with Crippen LogP contribution < -0.4 is 10.1 Å². The molecule has 7 heteroatoms. The van der Waals surface area contributed by atoms with Crippen molar-refractivity contribution in [3.05, 3.63) is 41.7 Å². The maximum Gasteiger partial charge on any atom is 0.246 e. The van der Waals surface area contributed by atoms with Crippen LogP contribution in [0.5, 0.6) is 5.75 Å². The van der Waals surface area contributed by atoms with Crippen molar-refractivity contribution in [1.29, 1.82) is 0 Å². The second kappa shape index (κ2) is 5.88. The number of methoxy groups -OCH3 is 1. The molecule has 0 unspecified atom stereocenters. The van der Waals surface area contributed by atoms with Gasteiger partial charge in [0.1, 0.15) is 5.75 Å². The van der Waals surface area contributed by atoms with Crippen LogP contribution in [0.3, 0.4) is 0 Å². The lowest BCUT2D eigenvalue weighted by molar-refractivity contribution is -0.120. The van der Waals surface area contributed by atoms with E-state index in [-0.39, 0.29) is 18.9 Å². The van der Waals surface area contributed by atoms with Crippen molar-refractivity contribution in [2.24, 2.45) is 0 Å². The number of hydrogen-bond donors (Lipinski definition) is 2. The van der Waals surface area contributed by atoms with Gasteiger partial charge in [0.05, 0.1) is 20.1 Å². The van der Waals surface area contributed by atoms with E-state index >= 15 is 0 Å². The molecule has 7 nitrogen and oxygen atoms in total. The van der Waals surface area contributed by atoms with Gasteiger partial charge >= 0.3 is 0 Å². The Bertz CT molecular complexity index is 806. The number of carbonyl (C=O) groups is 1. The molecule has 0 fully saturated rings. The van der Waals surface area contributed by atoms with Gasteiger partial charge in [-0.2, -0.15) is 4.98 Å². The summed E-state index contributed by atoms with van der Waals surface area (Å²) >= 11 is 0. The number of rotatable bonds is 5. The molecule has 1 aromatic carbocycles. The van der Waals surface area contributed by atoms with Crippen molar-refractivity contribution >= 4 is 16.8 Å². The van der Waals surface area contributed by atoms with Crippen LogP contribution in [0.1, 0.15) is 17.3 Å². The monoisotopic (exact) mass is 300 g/mol. The van der Waals surface area contributed by atoms with Crippen molar-refractivity contribution in [3.8, 4) is 5.75 Å². The number of carbonyl (C=O) groups excluding carboxylic acids is 1. The Morgan fingerprint density at radius 1 is 1.45 bits per heavy atom. The van der Waals surface area contributed by atoms with E-state index < -0.39 is 0 Å². The molecular weight excluding hydrogens is 284 g/mol. The SMILES string of the molecule is COc1ccc2[nH]cc(CC(=O)NCc3nc(C)no3)c2c1. The number of aromatic amines is 1. The van der Waals surface area contributed by atoms with E-state index in [2.05, 4.69) is 20.4 Å². The van der Waals surface area contributed by atoms with Crippen molar-refractivity contribution in [2.45, 2.75) is 19.9 Å². The predicted molar refractivity (Wildman–Crippen MR) is 79.4 cm³/mol. The highest BCUT2D eigenvalue weighted by Crippen LogP contribution is 2.23. The zero-order valence-corrected chi connectivity index (χ0v) is 12.3. The molecular formula is C15H16N4O3. The summed E-state index contributed by atoms with van der Waals surface area (Å²) < 4.78 is 10.2. The lowest BCUT2D eigenvalue weighted by Gasteiger charge is -2.03. The molecule has 0 atom stereocenters. The number of nitrogens with one attached hydrogen (secondary N) is 2. The molecule has 2 N–H and O–H groups in total. The number of benzene rings is 1. The van der Waals surface area contributed by atoms with Gasteiger partial charge < -0.3 is 19.6 Å². The predicted octanol–water partition coefficient (Wildman–Crippen LogP) is 1.73. The summed E-state index contributed by atoms with van der Waals surface area (Å²) in [6.07, 6.45) is 2.10. The third-order valence-electron chi connectivity index (χ3n) is 3.33. The Labute approximate surface area is 126 Å². The van der Waals surface area contributed by atoms with Gasteiger partial charge in [0, 0.05) is 17.1 Å². The average molecular weight is 300 g/mol. The molecule has 0 radical (unpaired) electrons. The first-order valence-electron chi connectivity index (χ1n) is 6.85. The van der Waals surface area contributed by atoms with Crippen LogP contribution >= 0.6 is 0 Å². The highest BCUT2D eigenvalue weighted by atomic mass is 16.5. The van der Waals surface area contributed by atoms with Crippen molar-refractivity contribution in [1.82, 2.24) is 20.4 Å². The Balaban J connectivity index is 1.68. The average Bonchev–Trinajstić information content (AvgIpc) is 3.11. The minimum atomic E-state index is -0.112. The van der Waals surface area contributed by atoms with Crippen LogP contribution in [0.25, 0.3) is 10.9 Å². The number of hydrogen-bond acceptors (Lipinski definition) is 5. The molecule has 1 amide bonds. The fourth-order valence-electron chi connectivity index (χ4n) is 2.25. The van der Waals surface area contributed by atoms with E-state index in [1.807, 2.05) is 24.4 Å². The molecule has 0 saturated carbocycles. The number of aryl methyl sites for hydroxylation is 1. The molecule has 0 spiro atoms. The maximum absolute atomic E-state index is 12.0. The molecule has 0 bridgehead atoms. The summed E-state index contributed by atoms with van der Waals surface area (Å²) in [5, 5.41) is 7.41. The van der Waals surface area contributed by atoms with Gasteiger partial charge in [0.2, 0.25) is 11.8 Å². The fourth-order valence-corrected chi connectivity index (χ4v) is 2.25. The number of fused-ring (bicyclic) bond motifs is 1. The number of aromatic nitrogens is 3. The summed E-state index contributed by atoms with van der Waals surface area (Å²) in [7, 11) is 1.62. The highest BCUT2D eigenvalue weighted by molar-refractivity contribution is 5.89. The lowest BCUT2D eigenvalue weighted by Crippen LogP contribution is -2.24. The maximum atomic E-state index is 12.0. The fraction of sp³-hybridized carbons (Fsp3) is 0.267. The second-order valence-corrected chi connectivity index (χ2v) is 4.91. The largest absolute Gasteiger partial charge is 0.497 e. The van der Waals surface area contributed by atoms with Gasteiger partial charge in [-0.3, -0.25) is 4.79 Å². The molecule has 0 aliphatic heterocycles. The number of nitrogens with zero attached hydrogens (tertiary/aromatic N) is 2. The third-order valence-corrected chi connectivity index (χ3v) is 3.33. The second-order valence-electron chi connectivity index (χ2n) is 4.91. The van der Waals surface area contributed by atoms with Crippen LogP contribution in [0.4, 0.5) is 0 Å². The molecule has 2 heterocycles. The van der Waals surface area contributed by atoms with E-state index in [1.54, 1.807) is 14.0 Å². The normalized spacial score (nSPS) is 10.8. The van der Waals surface area contributed by atoms with Gasteiger partial charge in [0.25, 0.3) is 0 Å². The summed E-state index contributed by atoms with van der Waals surface area (Å²) in [5.41, 5.74) is 1.88. The molecule has 0 aliphatic rings. The minimum absolute atomic E-state index is 0.112. The van der Waals surface area contributed by atoms with E-state index in [9.17, 15) is 4.79 Å². The summed E-state index contributed by atoms with van der Waals surface area (Å²) in [5.74, 6) is 1.59. The standard InChI is InChI=1S/C15H16N4O3/c1-9-18-15(22-19-9)8-17-14(20)5-10-7-16-13-4-3-11(21-2)6-12(10)13/h3-4,6-7,16H,5,8H2,1-2H3,(H,17,20). The summed E-state index contributed by atoms with van der Waals surface area (Å²) in [6, 6.07) is 5.72. The van der Waals surface area contributed by atoms with Crippen molar-refractivity contribution in [3.63, 3.8) is 0 Å². The minimum Gasteiger partial charge on any atom is -0.497 e. The molecule has 114 valence electrons. The summed E-state index contributed by atoms with van der Waals surface area (Å²) in [4.78, 5) is 19.2. The van der Waals surface area contributed by atoms with E-state index in [1.165, 1.54) is 0 Å². The zero-order chi connectivity index (χ0) is 15.5. The number of ether oxygens (including phenoxy) is 1. The smallest absolute Gasteiger partial charge is 0.246 e. The summed E-state index contributed by atoms with van der Waals surface area (Å²) in [6.45, 7) is 1.96. The van der Waals surface area contributed by atoms with Crippen LogP contribution in [0, 0.1) is 6.92 Å². The van der Waals surface area contributed by atoms with Gasteiger partial charge in [-0.1, -0.05) is 5.16 Å². The van der Waals surface area contributed by atoms with Crippen LogP contribution in [0.2, 0.25) is 0 Å². The van der Waals surface area contributed by atoms with Gasteiger partial charge in [-0.15, -0.1) is 0 Å². The molecule has 3 aromatic rings. The molecule has 2 aromatic heterocycles. The van der Waals surface area contributed by atoms with E-state index in [4.69, 9.17) is 9.26 Å². The third kappa shape index (κ3) is 2.93. The Kier molecular flexibility index (Phi) is 3.78. The first-order chi connectivity index (χ1) is 10.7. The number of H-pyrrole nitrogens is 1. The van der Waals surface area contributed by atoms with Crippen LogP contribution in [0.15, 0.2) is 28.9 Å². The molecule has 0 saturated heterocycles.